The monoisotopic (exact) mass is 218 g/mol. The summed E-state index contributed by atoms with van der Waals surface area (Å²) in [4.78, 5) is 13.6. The molecule has 2 atom stereocenters. The molecule has 1 amide bonds. The molecule has 3 heteroatoms. The lowest BCUT2D eigenvalue weighted by molar-refractivity contribution is -0.129. The van der Waals surface area contributed by atoms with Crippen molar-refractivity contribution in [2.24, 2.45) is 5.73 Å². The van der Waals surface area contributed by atoms with Gasteiger partial charge in [-0.1, -0.05) is 30.3 Å². The van der Waals surface area contributed by atoms with Crippen molar-refractivity contribution in [3.05, 3.63) is 35.9 Å². The van der Waals surface area contributed by atoms with Crippen LogP contribution in [-0.4, -0.2) is 29.4 Å². The molecule has 1 aromatic carbocycles. The fraction of sp³-hybridized carbons (Fsp3) is 0.462. The molecule has 0 saturated carbocycles. The normalized spacial score (nSPS) is 22.5. The minimum absolute atomic E-state index is 0.0192. The van der Waals surface area contributed by atoms with E-state index in [-0.39, 0.29) is 18.0 Å². The number of amides is 1. The average molecular weight is 218 g/mol. The van der Waals surface area contributed by atoms with Crippen molar-refractivity contribution in [3.8, 4) is 0 Å². The molecule has 0 aromatic heterocycles. The van der Waals surface area contributed by atoms with Gasteiger partial charge in [0.1, 0.15) is 0 Å². The number of likely N-dealkylation sites (tertiary alicyclic amines) is 1. The van der Waals surface area contributed by atoms with Gasteiger partial charge in [0.05, 0.1) is 0 Å². The first-order valence-corrected chi connectivity index (χ1v) is 5.76. The molecule has 0 bridgehead atoms. The van der Waals surface area contributed by atoms with Crippen LogP contribution in [0.2, 0.25) is 0 Å². The van der Waals surface area contributed by atoms with Crippen LogP contribution in [0.15, 0.2) is 30.3 Å². The minimum Gasteiger partial charge on any atom is -0.338 e. The quantitative estimate of drug-likeness (QED) is 0.828. The van der Waals surface area contributed by atoms with E-state index in [9.17, 15) is 4.79 Å². The van der Waals surface area contributed by atoms with Crippen molar-refractivity contribution in [2.45, 2.75) is 31.8 Å². The van der Waals surface area contributed by atoms with Gasteiger partial charge in [0.15, 0.2) is 0 Å². The average Bonchev–Trinajstić information content (AvgIpc) is 2.59. The fourth-order valence-corrected chi connectivity index (χ4v) is 2.25. The summed E-state index contributed by atoms with van der Waals surface area (Å²) < 4.78 is 0. The molecule has 0 spiro atoms. The van der Waals surface area contributed by atoms with Crippen LogP contribution in [0.3, 0.4) is 0 Å². The second-order valence-corrected chi connectivity index (χ2v) is 4.55. The highest BCUT2D eigenvalue weighted by atomic mass is 16.2. The second kappa shape index (κ2) is 4.66. The number of carbonyl (C=O) groups excluding carboxylic acids is 1. The highest BCUT2D eigenvalue weighted by Gasteiger charge is 2.30. The van der Waals surface area contributed by atoms with Gasteiger partial charge >= 0.3 is 0 Å². The van der Waals surface area contributed by atoms with Crippen molar-refractivity contribution in [1.29, 1.82) is 0 Å². The third-order valence-electron chi connectivity index (χ3n) is 3.09. The summed E-state index contributed by atoms with van der Waals surface area (Å²) in [6.07, 6.45) is 1.40. The number of nitrogens with two attached hydrogens (primary N) is 1. The molecule has 1 aliphatic heterocycles. The molecule has 2 unspecified atom stereocenters. The molecule has 1 saturated heterocycles. The highest BCUT2D eigenvalue weighted by Crippen LogP contribution is 2.16. The summed E-state index contributed by atoms with van der Waals surface area (Å²) in [5.41, 5.74) is 7.05. The Morgan fingerprint density at radius 3 is 2.69 bits per heavy atom. The topological polar surface area (TPSA) is 46.3 Å². The van der Waals surface area contributed by atoms with Gasteiger partial charge in [0, 0.05) is 25.0 Å². The van der Waals surface area contributed by atoms with E-state index in [1.807, 2.05) is 23.1 Å². The van der Waals surface area contributed by atoms with Crippen LogP contribution >= 0.6 is 0 Å². The molecular weight excluding hydrogens is 200 g/mol. The molecule has 1 aromatic rings. The van der Waals surface area contributed by atoms with E-state index in [1.165, 1.54) is 5.56 Å². The maximum Gasteiger partial charge on any atom is 0.224 e. The zero-order valence-corrected chi connectivity index (χ0v) is 9.60. The molecule has 1 fully saturated rings. The number of nitrogens with zero attached hydrogens (tertiary/aromatic N) is 1. The van der Waals surface area contributed by atoms with Crippen LogP contribution in [-0.2, 0) is 11.2 Å². The predicted octanol–water partition coefficient (Wildman–Crippen LogP) is 1.18. The third kappa shape index (κ3) is 2.42. The maximum atomic E-state index is 11.7. The van der Waals surface area contributed by atoms with Gasteiger partial charge in [-0.3, -0.25) is 4.79 Å². The van der Waals surface area contributed by atoms with E-state index < -0.39 is 0 Å². The zero-order valence-electron chi connectivity index (χ0n) is 9.60. The molecule has 16 heavy (non-hydrogen) atoms. The van der Waals surface area contributed by atoms with E-state index in [0.717, 1.165) is 6.42 Å². The van der Waals surface area contributed by atoms with Crippen molar-refractivity contribution >= 4 is 5.91 Å². The third-order valence-corrected chi connectivity index (χ3v) is 3.09. The molecule has 0 radical (unpaired) electrons. The summed E-state index contributed by atoms with van der Waals surface area (Å²) in [5.74, 6) is 0.191. The van der Waals surface area contributed by atoms with E-state index in [2.05, 4.69) is 19.1 Å². The van der Waals surface area contributed by atoms with Crippen molar-refractivity contribution < 1.29 is 4.79 Å². The van der Waals surface area contributed by atoms with E-state index in [0.29, 0.717) is 13.0 Å². The Hall–Kier alpha value is -1.35. The lowest BCUT2D eigenvalue weighted by Gasteiger charge is -2.24. The van der Waals surface area contributed by atoms with Gasteiger partial charge < -0.3 is 10.6 Å². The molecule has 2 rings (SSSR count). The SMILES string of the molecule is CC(Cc1ccccc1)N1CC(N)CC1=O. The Bertz CT molecular complexity index is 363. The van der Waals surface area contributed by atoms with Crippen LogP contribution in [0, 0.1) is 0 Å². The standard InChI is InChI=1S/C13H18N2O/c1-10(7-11-5-3-2-4-6-11)15-9-12(14)8-13(15)16/h2-6,10,12H,7-9,14H2,1H3. The van der Waals surface area contributed by atoms with E-state index >= 15 is 0 Å². The predicted molar refractivity (Wildman–Crippen MR) is 63.9 cm³/mol. The van der Waals surface area contributed by atoms with Crippen molar-refractivity contribution in [2.75, 3.05) is 6.54 Å². The lowest BCUT2D eigenvalue weighted by Crippen LogP contribution is -2.37. The first-order chi connectivity index (χ1) is 7.66. The Morgan fingerprint density at radius 2 is 2.12 bits per heavy atom. The van der Waals surface area contributed by atoms with Gasteiger partial charge in [-0.05, 0) is 18.9 Å². The van der Waals surface area contributed by atoms with Gasteiger partial charge in [-0.25, -0.2) is 0 Å². The van der Waals surface area contributed by atoms with E-state index in [1.54, 1.807) is 0 Å². The maximum absolute atomic E-state index is 11.7. The first kappa shape index (κ1) is 11.1. The van der Waals surface area contributed by atoms with Gasteiger partial charge in [-0.2, -0.15) is 0 Å². The van der Waals surface area contributed by atoms with Gasteiger partial charge in [-0.15, -0.1) is 0 Å². The van der Waals surface area contributed by atoms with Crippen LogP contribution < -0.4 is 5.73 Å². The highest BCUT2D eigenvalue weighted by molar-refractivity contribution is 5.79. The van der Waals surface area contributed by atoms with Crippen LogP contribution in [0.4, 0.5) is 0 Å². The second-order valence-electron chi connectivity index (χ2n) is 4.55. The molecule has 1 aliphatic rings. The summed E-state index contributed by atoms with van der Waals surface area (Å²) in [5, 5.41) is 0. The first-order valence-electron chi connectivity index (χ1n) is 5.76. The molecule has 1 heterocycles. The summed E-state index contributed by atoms with van der Waals surface area (Å²) in [6.45, 7) is 2.79. The Labute approximate surface area is 96.2 Å². The van der Waals surface area contributed by atoms with Crippen molar-refractivity contribution in [1.82, 2.24) is 4.90 Å². The number of rotatable bonds is 3. The number of hydrogen-bond acceptors (Lipinski definition) is 2. The van der Waals surface area contributed by atoms with Crippen LogP contribution in [0.5, 0.6) is 0 Å². The summed E-state index contributed by atoms with van der Waals surface area (Å²) in [6, 6.07) is 10.5. The van der Waals surface area contributed by atoms with Crippen LogP contribution in [0.25, 0.3) is 0 Å². The number of benzene rings is 1. The zero-order chi connectivity index (χ0) is 11.5. The molecule has 86 valence electrons. The van der Waals surface area contributed by atoms with E-state index in [4.69, 9.17) is 5.73 Å². The number of hydrogen-bond donors (Lipinski definition) is 1. The molecule has 3 nitrogen and oxygen atoms in total. The van der Waals surface area contributed by atoms with Gasteiger partial charge in [0.2, 0.25) is 5.91 Å². The Morgan fingerprint density at radius 1 is 1.44 bits per heavy atom. The fourth-order valence-electron chi connectivity index (χ4n) is 2.25. The van der Waals surface area contributed by atoms with Crippen LogP contribution in [0.1, 0.15) is 18.9 Å². The smallest absolute Gasteiger partial charge is 0.224 e. The minimum atomic E-state index is 0.0192. The van der Waals surface area contributed by atoms with Crippen molar-refractivity contribution in [3.63, 3.8) is 0 Å². The molecule has 0 aliphatic carbocycles. The largest absolute Gasteiger partial charge is 0.338 e. The molecule has 2 N–H and O–H groups in total. The molecular formula is C13H18N2O. The Kier molecular flexibility index (Phi) is 3.25. The summed E-state index contributed by atoms with van der Waals surface area (Å²) >= 11 is 0. The summed E-state index contributed by atoms with van der Waals surface area (Å²) in [7, 11) is 0. The number of carbonyl (C=O) groups is 1. The lowest BCUT2D eigenvalue weighted by atomic mass is 10.1. The Balaban J connectivity index is 1.98. The van der Waals surface area contributed by atoms with Gasteiger partial charge in [0.25, 0.3) is 0 Å².